The summed E-state index contributed by atoms with van der Waals surface area (Å²) in [7, 11) is -2.66. The van der Waals surface area contributed by atoms with Gasteiger partial charge in [-0.1, -0.05) is 5.92 Å². The average molecular weight is 204 g/mol. The first-order valence-electron chi connectivity index (χ1n) is 3.70. The second-order valence-corrected chi connectivity index (χ2v) is 5.53. The van der Waals surface area contributed by atoms with Crippen LogP contribution in [0.4, 0.5) is 0 Å². The minimum atomic E-state index is -2.66. The molecule has 1 atom stereocenters. The lowest BCUT2D eigenvalue weighted by Crippen LogP contribution is -2.22. The quantitative estimate of drug-likeness (QED) is 0.391. The molecule has 0 heterocycles. The Balaban J connectivity index is 3.99. The van der Waals surface area contributed by atoms with Crippen LogP contribution in [0.2, 0.25) is 0 Å². The summed E-state index contributed by atoms with van der Waals surface area (Å²) in [6, 6.07) is 0. The zero-order valence-electron chi connectivity index (χ0n) is 7.94. The average Bonchev–Trinajstić information content (AvgIpc) is 1.96. The fourth-order valence-corrected chi connectivity index (χ4v) is 1.50. The molecule has 0 aliphatic rings. The first-order chi connectivity index (χ1) is 5.87. The molecule has 4 nitrogen and oxygen atoms in total. The Labute approximate surface area is 78.1 Å². The third-order valence-corrected chi connectivity index (χ3v) is 1.87. The van der Waals surface area contributed by atoms with Gasteiger partial charge < -0.3 is 9.26 Å². The summed E-state index contributed by atoms with van der Waals surface area (Å²) in [5.74, 6) is 1.55. The fraction of sp³-hybridized carbons (Fsp3) is 0.625. The van der Waals surface area contributed by atoms with Crippen LogP contribution in [0.3, 0.4) is 0 Å². The summed E-state index contributed by atoms with van der Waals surface area (Å²) >= 11 is 0. The third-order valence-electron chi connectivity index (χ3n) is 1.04. The minimum absolute atomic E-state index is 0.0930. The van der Waals surface area contributed by atoms with Crippen LogP contribution in [0.5, 0.6) is 0 Å². The predicted octanol–water partition coefficient (Wildman–Crippen LogP) is 1.11. The zero-order chi connectivity index (χ0) is 10.5. The molecule has 0 aromatic heterocycles. The Morgan fingerprint density at radius 2 is 2.15 bits per heavy atom. The van der Waals surface area contributed by atoms with E-state index in [0.29, 0.717) is 0 Å². The standard InChI is InChI=1S/C8H13O4P/c1-5-6-11-8(9)7(2)12-13(3,4)10/h1,7H,6H2,2-4H3. The van der Waals surface area contributed by atoms with Gasteiger partial charge in [0.2, 0.25) is 0 Å². The van der Waals surface area contributed by atoms with Gasteiger partial charge in [0.15, 0.2) is 20.1 Å². The van der Waals surface area contributed by atoms with Crippen LogP contribution >= 0.6 is 7.37 Å². The molecule has 0 radical (unpaired) electrons. The van der Waals surface area contributed by atoms with Crippen LogP contribution in [0.25, 0.3) is 0 Å². The molecule has 0 rings (SSSR count). The summed E-state index contributed by atoms with van der Waals surface area (Å²) in [5, 5.41) is 0. The van der Waals surface area contributed by atoms with E-state index in [4.69, 9.17) is 10.9 Å². The Morgan fingerprint density at radius 1 is 1.62 bits per heavy atom. The molecule has 0 aliphatic carbocycles. The highest BCUT2D eigenvalue weighted by atomic mass is 31.2. The first-order valence-corrected chi connectivity index (χ1v) is 6.22. The van der Waals surface area contributed by atoms with E-state index in [9.17, 15) is 9.36 Å². The number of carbonyl (C=O) groups is 1. The van der Waals surface area contributed by atoms with Gasteiger partial charge in [-0.05, 0) is 6.92 Å². The minimum Gasteiger partial charge on any atom is -0.451 e. The Morgan fingerprint density at radius 3 is 2.54 bits per heavy atom. The van der Waals surface area contributed by atoms with Gasteiger partial charge in [0.1, 0.15) is 0 Å². The highest BCUT2D eigenvalue weighted by Crippen LogP contribution is 2.38. The Bertz CT molecular complexity index is 260. The van der Waals surface area contributed by atoms with Gasteiger partial charge in [0.25, 0.3) is 0 Å². The number of terminal acetylenes is 1. The Hall–Kier alpha value is -0.780. The van der Waals surface area contributed by atoms with Crippen LogP contribution in [-0.2, 0) is 18.6 Å². The number of esters is 1. The summed E-state index contributed by atoms with van der Waals surface area (Å²) in [6.45, 7) is 4.23. The van der Waals surface area contributed by atoms with Crippen LogP contribution in [-0.4, -0.2) is 32.0 Å². The molecule has 5 heteroatoms. The van der Waals surface area contributed by atoms with Crippen LogP contribution in [0.15, 0.2) is 0 Å². The monoisotopic (exact) mass is 204 g/mol. The van der Waals surface area contributed by atoms with Crippen molar-refractivity contribution in [2.24, 2.45) is 0 Å². The highest BCUT2D eigenvalue weighted by molar-refractivity contribution is 7.57. The van der Waals surface area contributed by atoms with Gasteiger partial charge >= 0.3 is 5.97 Å². The molecule has 0 aromatic carbocycles. The van der Waals surface area contributed by atoms with E-state index in [1.54, 1.807) is 0 Å². The van der Waals surface area contributed by atoms with Crippen LogP contribution in [0.1, 0.15) is 6.92 Å². The van der Waals surface area contributed by atoms with E-state index in [1.165, 1.54) is 20.3 Å². The van der Waals surface area contributed by atoms with Crippen LogP contribution < -0.4 is 0 Å². The van der Waals surface area contributed by atoms with Crippen LogP contribution in [0, 0.1) is 12.3 Å². The summed E-state index contributed by atoms with van der Waals surface area (Å²) in [5.41, 5.74) is 0. The second kappa shape index (κ2) is 5.06. The van der Waals surface area contributed by atoms with E-state index in [0.717, 1.165) is 0 Å². The molecule has 0 spiro atoms. The SMILES string of the molecule is C#CCOC(=O)C(C)OP(C)(C)=O. The van der Waals surface area contributed by atoms with Crippen molar-refractivity contribution in [3.05, 3.63) is 0 Å². The lowest BCUT2D eigenvalue weighted by Gasteiger charge is -2.14. The van der Waals surface area contributed by atoms with Crippen molar-refractivity contribution in [1.29, 1.82) is 0 Å². The highest BCUT2D eigenvalue weighted by Gasteiger charge is 2.20. The predicted molar refractivity (Wildman–Crippen MR) is 49.8 cm³/mol. The van der Waals surface area contributed by atoms with Gasteiger partial charge in [-0.25, -0.2) is 4.79 Å². The van der Waals surface area contributed by atoms with Gasteiger partial charge in [-0.3, -0.25) is 4.57 Å². The molecular formula is C8H13O4P. The lowest BCUT2D eigenvalue weighted by molar-refractivity contribution is -0.149. The summed E-state index contributed by atoms with van der Waals surface area (Å²) in [6.07, 6.45) is 4.04. The number of rotatable bonds is 4. The van der Waals surface area contributed by atoms with E-state index >= 15 is 0 Å². The molecule has 0 bridgehead atoms. The smallest absolute Gasteiger partial charge is 0.336 e. The summed E-state index contributed by atoms with van der Waals surface area (Å²) < 4.78 is 20.6. The van der Waals surface area contributed by atoms with Gasteiger partial charge in [0.05, 0.1) is 0 Å². The number of hydrogen-bond donors (Lipinski definition) is 0. The molecule has 1 unspecified atom stereocenters. The Kier molecular flexibility index (Phi) is 4.76. The maximum absolute atomic E-state index is 11.1. The lowest BCUT2D eigenvalue weighted by atomic mass is 10.4. The molecular weight excluding hydrogens is 191 g/mol. The van der Waals surface area contributed by atoms with Crippen molar-refractivity contribution < 1.29 is 18.6 Å². The summed E-state index contributed by atoms with van der Waals surface area (Å²) in [4.78, 5) is 11.0. The molecule has 74 valence electrons. The van der Waals surface area contributed by atoms with Gasteiger partial charge in [0, 0.05) is 13.3 Å². The van der Waals surface area contributed by atoms with E-state index < -0.39 is 19.4 Å². The van der Waals surface area contributed by atoms with Crippen molar-refractivity contribution in [3.63, 3.8) is 0 Å². The van der Waals surface area contributed by atoms with Crippen molar-refractivity contribution in [1.82, 2.24) is 0 Å². The first kappa shape index (κ1) is 12.2. The van der Waals surface area contributed by atoms with Crippen molar-refractivity contribution >= 4 is 13.3 Å². The second-order valence-electron chi connectivity index (χ2n) is 2.81. The number of hydrogen-bond acceptors (Lipinski definition) is 4. The molecule has 13 heavy (non-hydrogen) atoms. The molecule has 0 fully saturated rings. The largest absolute Gasteiger partial charge is 0.451 e. The third kappa shape index (κ3) is 6.39. The molecule has 0 aliphatic heterocycles. The van der Waals surface area contributed by atoms with Gasteiger partial charge in [-0.15, -0.1) is 6.42 Å². The van der Waals surface area contributed by atoms with Crippen molar-refractivity contribution in [2.75, 3.05) is 19.9 Å². The topological polar surface area (TPSA) is 52.6 Å². The maximum atomic E-state index is 11.1. The molecule has 0 amide bonds. The molecule has 0 N–H and O–H groups in total. The van der Waals surface area contributed by atoms with E-state index in [1.807, 2.05) is 0 Å². The number of ether oxygens (including phenoxy) is 1. The molecule has 0 saturated carbocycles. The normalized spacial score (nSPS) is 13.1. The van der Waals surface area contributed by atoms with Crippen molar-refractivity contribution in [2.45, 2.75) is 13.0 Å². The number of carbonyl (C=O) groups excluding carboxylic acids is 1. The van der Waals surface area contributed by atoms with Gasteiger partial charge in [-0.2, -0.15) is 0 Å². The van der Waals surface area contributed by atoms with E-state index in [-0.39, 0.29) is 6.61 Å². The molecule has 0 aromatic rings. The maximum Gasteiger partial charge on any atom is 0.336 e. The zero-order valence-corrected chi connectivity index (χ0v) is 8.84. The van der Waals surface area contributed by atoms with E-state index in [2.05, 4.69) is 10.7 Å². The molecule has 0 saturated heterocycles. The fourth-order valence-electron chi connectivity index (χ4n) is 0.654. The van der Waals surface area contributed by atoms with Crippen molar-refractivity contribution in [3.8, 4) is 12.3 Å².